The lowest BCUT2D eigenvalue weighted by atomic mass is 9.75. The van der Waals surface area contributed by atoms with E-state index in [2.05, 4.69) is 20.8 Å². The molecule has 0 aromatic heterocycles. The Morgan fingerprint density at radius 3 is 2.56 bits per heavy atom. The lowest BCUT2D eigenvalue weighted by molar-refractivity contribution is -0.167. The van der Waals surface area contributed by atoms with Crippen LogP contribution in [0.1, 0.15) is 46.5 Å². The van der Waals surface area contributed by atoms with Crippen LogP contribution in [0.5, 0.6) is 0 Å². The van der Waals surface area contributed by atoms with Gasteiger partial charge in [0.15, 0.2) is 6.61 Å². The van der Waals surface area contributed by atoms with Crippen LogP contribution in [0.25, 0.3) is 0 Å². The van der Waals surface area contributed by atoms with E-state index in [1.54, 1.807) is 11.8 Å². The molecule has 1 saturated carbocycles. The fraction of sp³-hybridized carbons (Fsp3) is 0.619. The van der Waals surface area contributed by atoms with Gasteiger partial charge in [0, 0.05) is 15.7 Å². The second kappa shape index (κ2) is 11.0. The number of esters is 2. The van der Waals surface area contributed by atoms with Crippen LogP contribution in [0, 0.1) is 17.8 Å². The highest BCUT2D eigenvalue weighted by atomic mass is 35.5. The quantitative estimate of drug-likeness (QED) is 0.424. The summed E-state index contributed by atoms with van der Waals surface area (Å²) in [5, 5.41) is 0.685. The molecule has 1 fully saturated rings. The van der Waals surface area contributed by atoms with E-state index < -0.39 is 5.97 Å². The average molecular weight is 413 g/mol. The van der Waals surface area contributed by atoms with Crippen molar-refractivity contribution in [1.82, 2.24) is 0 Å². The molecule has 1 aromatic carbocycles. The molecule has 0 spiro atoms. The first-order valence-electron chi connectivity index (χ1n) is 9.58. The Morgan fingerprint density at radius 2 is 1.89 bits per heavy atom. The van der Waals surface area contributed by atoms with Gasteiger partial charge in [-0.25, -0.2) is 4.79 Å². The summed E-state index contributed by atoms with van der Waals surface area (Å²) in [6.07, 6.45) is 3.33. The summed E-state index contributed by atoms with van der Waals surface area (Å²) in [4.78, 5) is 25.0. The lowest BCUT2D eigenvalue weighted by Crippen LogP contribution is -2.36. The maximum atomic E-state index is 12.1. The fourth-order valence-electron chi connectivity index (χ4n) is 3.45. The Bertz CT molecular complexity index is 617. The standard InChI is InChI=1S/C21H29ClO4S/c1-14(2)18-9-4-15(3)12-19(18)26-21(24)13-25-20(23)10-11-27-17-7-5-16(22)6-8-17/h5-8,14-15,18-19H,4,9-13H2,1-3H3/t15-,18+,19+/m1/s1. The van der Waals surface area contributed by atoms with Gasteiger partial charge in [-0.05, 0) is 54.9 Å². The highest BCUT2D eigenvalue weighted by Gasteiger charge is 2.33. The van der Waals surface area contributed by atoms with Gasteiger partial charge >= 0.3 is 11.9 Å². The Hall–Kier alpha value is -1.20. The molecule has 27 heavy (non-hydrogen) atoms. The zero-order valence-electron chi connectivity index (χ0n) is 16.3. The molecule has 0 N–H and O–H groups in total. The van der Waals surface area contributed by atoms with E-state index in [0.717, 1.165) is 17.7 Å². The summed E-state index contributed by atoms with van der Waals surface area (Å²) in [7, 11) is 0. The largest absolute Gasteiger partial charge is 0.460 e. The molecule has 150 valence electrons. The van der Waals surface area contributed by atoms with Crippen molar-refractivity contribution in [2.24, 2.45) is 17.8 Å². The molecule has 6 heteroatoms. The second-order valence-corrected chi connectivity index (χ2v) is 9.17. The monoisotopic (exact) mass is 412 g/mol. The van der Waals surface area contributed by atoms with Gasteiger partial charge in [0.25, 0.3) is 0 Å². The van der Waals surface area contributed by atoms with E-state index in [1.165, 1.54) is 6.42 Å². The number of hydrogen-bond donors (Lipinski definition) is 0. The van der Waals surface area contributed by atoms with Gasteiger partial charge in [-0.2, -0.15) is 0 Å². The van der Waals surface area contributed by atoms with E-state index in [1.807, 2.05) is 24.3 Å². The fourth-order valence-corrected chi connectivity index (χ4v) is 4.41. The molecule has 4 nitrogen and oxygen atoms in total. The number of carbonyl (C=O) groups is 2. The molecular formula is C21H29ClO4S. The van der Waals surface area contributed by atoms with E-state index in [0.29, 0.717) is 28.5 Å². The van der Waals surface area contributed by atoms with Crippen molar-refractivity contribution in [2.75, 3.05) is 12.4 Å². The molecule has 0 amide bonds. The lowest BCUT2D eigenvalue weighted by Gasteiger charge is -2.36. The second-order valence-electron chi connectivity index (χ2n) is 7.57. The molecule has 0 unspecified atom stereocenters. The van der Waals surface area contributed by atoms with Crippen molar-refractivity contribution >= 4 is 35.3 Å². The van der Waals surface area contributed by atoms with Crippen molar-refractivity contribution in [3.05, 3.63) is 29.3 Å². The zero-order valence-corrected chi connectivity index (χ0v) is 17.9. The highest BCUT2D eigenvalue weighted by molar-refractivity contribution is 7.99. The summed E-state index contributed by atoms with van der Waals surface area (Å²) in [5.74, 6) is 1.18. The maximum absolute atomic E-state index is 12.1. The summed E-state index contributed by atoms with van der Waals surface area (Å²) >= 11 is 7.39. The molecule has 2 rings (SSSR count). The normalized spacial score (nSPS) is 22.5. The number of ether oxygens (including phenoxy) is 2. The number of rotatable bonds is 8. The Morgan fingerprint density at radius 1 is 1.19 bits per heavy atom. The smallest absolute Gasteiger partial charge is 0.344 e. The first kappa shape index (κ1) is 22.1. The number of halogens is 1. The van der Waals surface area contributed by atoms with Crippen molar-refractivity contribution < 1.29 is 19.1 Å². The SMILES string of the molecule is CC(C)[C@@H]1CC[C@@H](C)C[C@@H]1OC(=O)COC(=O)CCSc1ccc(Cl)cc1. The topological polar surface area (TPSA) is 52.6 Å². The molecule has 1 aromatic rings. The molecule has 0 aliphatic heterocycles. The molecule has 0 heterocycles. The van der Waals surface area contributed by atoms with Gasteiger partial charge in [-0.1, -0.05) is 38.8 Å². The number of hydrogen-bond acceptors (Lipinski definition) is 5. The van der Waals surface area contributed by atoms with Crippen LogP contribution in [0.2, 0.25) is 5.02 Å². The minimum Gasteiger partial charge on any atom is -0.460 e. The predicted octanol–water partition coefficient (Wildman–Crippen LogP) is 5.37. The van der Waals surface area contributed by atoms with Crippen LogP contribution in [0.3, 0.4) is 0 Å². The van der Waals surface area contributed by atoms with Crippen molar-refractivity contribution in [3.63, 3.8) is 0 Å². The molecular weight excluding hydrogens is 384 g/mol. The Kier molecular flexibility index (Phi) is 8.97. The van der Waals surface area contributed by atoms with Crippen LogP contribution in [0.4, 0.5) is 0 Å². The number of carbonyl (C=O) groups excluding carboxylic acids is 2. The third-order valence-corrected chi connectivity index (χ3v) is 6.25. The molecule has 1 aliphatic carbocycles. The summed E-state index contributed by atoms with van der Waals surface area (Å²) in [6.45, 7) is 6.22. The van der Waals surface area contributed by atoms with Crippen molar-refractivity contribution in [3.8, 4) is 0 Å². The maximum Gasteiger partial charge on any atom is 0.344 e. The van der Waals surface area contributed by atoms with Gasteiger partial charge in [0.05, 0.1) is 6.42 Å². The minimum absolute atomic E-state index is 0.0691. The summed E-state index contributed by atoms with van der Waals surface area (Å²) in [6, 6.07) is 7.45. The minimum atomic E-state index is -0.446. The van der Waals surface area contributed by atoms with E-state index in [4.69, 9.17) is 21.1 Å². The zero-order chi connectivity index (χ0) is 19.8. The molecule has 0 radical (unpaired) electrons. The van der Waals surface area contributed by atoms with Gasteiger partial charge in [0.2, 0.25) is 0 Å². The first-order chi connectivity index (χ1) is 12.8. The predicted molar refractivity (Wildman–Crippen MR) is 109 cm³/mol. The van der Waals surface area contributed by atoms with Gasteiger partial charge in [0.1, 0.15) is 6.10 Å². The van der Waals surface area contributed by atoms with Crippen LogP contribution >= 0.6 is 23.4 Å². The van der Waals surface area contributed by atoms with E-state index >= 15 is 0 Å². The number of thioether (sulfide) groups is 1. The van der Waals surface area contributed by atoms with Gasteiger partial charge in [-0.15, -0.1) is 11.8 Å². The molecule has 1 aliphatic rings. The Labute approximate surface area is 171 Å². The van der Waals surface area contributed by atoms with E-state index in [9.17, 15) is 9.59 Å². The van der Waals surface area contributed by atoms with Crippen LogP contribution in [-0.2, 0) is 19.1 Å². The highest BCUT2D eigenvalue weighted by Crippen LogP contribution is 2.35. The van der Waals surface area contributed by atoms with Crippen LogP contribution in [-0.4, -0.2) is 30.4 Å². The molecule has 3 atom stereocenters. The first-order valence-corrected chi connectivity index (χ1v) is 10.9. The van der Waals surface area contributed by atoms with Crippen LogP contribution < -0.4 is 0 Å². The summed E-state index contributed by atoms with van der Waals surface area (Å²) in [5.41, 5.74) is 0. The van der Waals surface area contributed by atoms with Crippen LogP contribution in [0.15, 0.2) is 29.2 Å². The third kappa shape index (κ3) is 7.74. The summed E-state index contributed by atoms with van der Waals surface area (Å²) < 4.78 is 10.7. The molecule has 0 bridgehead atoms. The van der Waals surface area contributed by atoms with Gasteiger partial charge < -0.3 is 9.47 Å². The Balaban J connectivity index is 1.67. The average Bonchev–Trinajstić information content (AvgIpc) is 2.61. The van der Waals surface area contributed by atoms with E-state index in [-0.39, 0.29) is 25.1 Å². The van der Waals surface area contributed by atoms with Crippen molar-refractivity contribution in [1.29, 1.82) is 0 Å². The van der Waals surface area contributed by atoms with Crippen molar-refractivity contribution in [2.45, 2.75) is 57.5 Å². The number of benzene rings is 1. The third-order valence-electron chi connectivity index (χ3n) is 4.98. The molecule has 0 saturated heterocycles. The van der Waals surface area contributed by atoms with Gasteiger partial charge in [-0.3, -0.25) is 4.79 Å².